The highest BCUT2D eigenvalue weighted by atomic mass is 35.5. The summed E-state index contributed by atoms with van der Waals surface area (Å²) in [7, 11) is 0. The summed E-state index contributed by atoms with van der Waals surface area (Å²) in [5.74, 6) is 0.867. The van der Waals surface area contributed by atoms with Gasteiger partial charge in [0.05, 0.1) is 11.4 Å². The number of hydrogen-bond acceptors (Lipinski definition) is 4. The minimum absolute atomic E-state index is 0.546. The molecule has 0 amide bonds. The molecule has 1 aromatic rings. The predicted molar refractivity (Wildman–Crippen MR) is 73.3 cm³/mol. The van der Waals surface area contributed by atoms with Crippen LogP contribution in [0.3, 0.4) is 0 Å². The molecule has 1 atom stereocenters. The van der Waals surface area contributed by atoms with Gasteiger partial charge in [-0.3, -0.25) is 4.90 Å². The lowest BCUT2D eigenvalue weighted by atomic mass is 10.1. The maximum absolute atomic E-state index is 6.25. The number of nitrogens with zero attached hydrogens (tertiary/aromatic N) is 4. The van der Waals surface area contributed by atoms with E-state index >= 15 is 0 Å². The first kappa shape index (κ1) is 12.2. The number of piperazine rings is 1. The van der Waals surface area contributed by atoms with Crippen LogP contribution in [0.5, 0.6) is 0 Å². The lowest BCUT2D eigenvalue weighted by Crippen LogP contribution is -2.50. The van der Waals surface area contributed by atoms with Crippen molar-refractivity contribution in [3.63, 3.8) is 0 Å². The molecule has 98 valence electrons. The minimum Gasteiger partial charge on any atom is -0.351 e. The van der Waals surface area contributed by atoms with Crippen molar-refractivity contribution in [2.24, 2.45) is 0 Å². The van der Waals surface area contributed by atoms with Crippen LogP contribution in [-0.2, 0) is 0 Å². The number of fused-ring (bicyclic) bond motifs is 1. The summed E-state index contributed by atoms with van der Waals surface area (Å²) in [5, 5.41) is 0.546. The van der Waals surface area contributed by atoms with Crippen LogP contribution in [0, 0.1) is 13.8 Å². The van der Waals surface area contributed by atoms with Crippen molar-refractivity contribution in [3.8, 4) is 0 Å². The van der Waals surface area contributed by atoms with Gasteiger partial charge in [0.25, 0.3) is 0 Å². The summed E-state index contributed by atoms with van der Waals surface area (Å²) in [4.78, 5) is 13.9. The van der Waals surface area contributed by atoms with Crippen molar-refractivity contribution >= 4 is 17.4 Å². The van der Waals surface area contributed by atoms with E-state index in [4.69, 9.17) is 11.6 Å². The first-order chi connectivity index (χ1) is 8.65. The van der Waals surface area contributed by atoms with Crippen molar-refractivity contribution in [2.75, 3.05) is 31.1 Å². The van der Waals surface area contributed by atoms with Gasteiger partial charge < -0.3 is 4.90 Å². The van der Waals surface area contributed by atoms with Crippen LogP contribution in [0.15, 0.2) is 0 Å². The van der Waals surface area contributed by atoms with E-state index in [-0.39, 0.29) is 0 Å². The van der Waals surface area contributed by atoms with Gasteiger partial charge in [-0.25, -0.2) is 9.97 Å². The van der Waals surface area contributed by atoms with E-state index in [0.717, 1.165) is 36.8 Å². The summed E-state index contributed by atoms with van der Waals surface area (Å²) in [5.41, 5.74) is 1.89. The van der Waals surface area contributed by atoms with Gasteiger partial charge in [-0.05, 0) is 33.2 Å². The van der Waals surface area contributed by atoms with E-state index in [2.05, 4.69) is 19.8 Å². The van der Waals surface area contributed by atoms with E-state index in [9.17, 15) is 0 Å². The SMILES string of the molecule is Cc1nc(Cl)c(N2CCN3CCCC3C2)nc1C. The second-order valence-corrected chi connectivity index (χ2v) is 5.64. The molecule has 1 unspecified atom stereocenters. The molecule has 2 fully saturated rings. The Morgan fingerprint density at radius 2 is 1.89 bits per heavy atom. The zero-order valence-corrected chi connectivity index (χ0v) is 11.7. The van der Waals surface area contributed by atoms with Crippen LogP contribution in [-0.4, -0.2) is 47.1 Å². The molecule has 4 nitrogen and oxygen atoms in total. The molecule has 0 bridgehead atoms. The Morgan fingerprint density at radius 1 is 1.11 bits per heavy atom. The van der Waals surface area contributed by atoms with Crippen LogP contribution in [0.4, 0.5) is 5.82 Å². The van der Waals surface area contributed by atoms with E-state index < -0.39 is 0 Å². The van der Waals surface area contributed by atoms with Crippen molar-refractivity contribution in [1.29, 1.82) is 0 Å². The number of aromatic nitrogens is 2. The Morgan fingerprint density at radius 3 is 2.72 bits per heavy atom. The number of rotatable bonds is 1. The van der Waals surface area contributed by atoms with Crippen molar-refractivity contribution in [2.45, 2.75) is 32.7 Å². The second-order valence-electron chi connectivity index (χ2n) is 5.29. The Labute approximate surface area is 113 Å². The number of hydrogen-bond donors (Lipinski definition) is 0. The molecule has 0 N–H and O–H groups in total. The first-order valence-corrected chi connectivity index (χ1v) is 7.02. The number of halogens is 1. The molecular weight excluding hydrogens is 248 g/mol. The van der Waals surface area contributed by atoms with Crippen LogP contribution in [0.1, 0.15) is 24.2 Å². The highest BCUT2D eigenvalue weighted by molar-refractivity contribution is 6.31. The van der Waals surface area contributed by atoms with Gasteiger partial charge in [-0.15, -0.1) is 0 Å². The highest BCUT2D eigenvalue weighted by Crippen LogP contribution is 2.28. The topological polar surface area (TPSA) is 32.3 Å². The van der Waals surface area contributed by atoms with Crippen LogP contribution < -0.4 is 4.90 Å². The van der Waals surface area contributed by atoms with Crippen molar-refractivity contribution in [3.05, 3.63) is 16.5 Å². The Balaban J connectivity index is 1.84. The number of anilines is 1. The molecule has 0 radical (unpaired) electrons. The lowest BCUT2D eigenvalue weighted by Gasteiger charge is -2.38. The first-order valence-electron chi connectivity index (χ1n) is 6.65. The Bertz CT molecular complexity index is 463. The number of aryl methyl sites for hydroxylation is 2. The quantitative estimate of drug-likeness (QED) is 0.779. The third kappa shape index (κ3) is 2.08. The van der Waals surface area contributed by atoms with Crippen molar-refractivity contribution < 1.29 is 0 Å². The Kier molecular flexibility index (Phi) is 3.16. The molecule has 3 heterocycles. The molecule has 0 spiro atoms. The van der Waals surface area contributed by atoms with E-state index in [0.29, 0.717) is 11.2 Å². The van der Waals surface area contributed by atoms with Gasteiger partial charge in [-0.1, -0.05) is 11.6 Å². The van der Waals surface area contributed by atoms with Gasteiger partial charge in [-0.2, -0.15) is 0 Å². The summed E-state index contributed by atoms with van der Waals surface area (Å²) < 4.78 is 0. The average molecular weight is 267 g/mol. The fraction of sp³-hybridized carbons (Fsp3) is 0.692. The fourth-order valence-electron chi connectivity index (χ4n) is 2.95. The van der Waals surface area contributed by atoms with Gasteiger partial charge in [0.15, 0.2) is 11.0 Å². The molecule has 3 rings (SSSR count). The highest BCUT2D eigenvalue weighted by Gasteiger charge is 2.32. The molecule has 0 saturated carbocycles. The maximum Gasteiger partial charge on any atom is 0.171 e. The molecule has 1 aromatic heterocycles. The summed E-state index contributed by atoms with van der Waals surface area (Å²) >= 11 is 6.25. The lowest BCUT2D eigenvalue weighted by molar-refractivity contribution is 0.230. The van der Waals surface area contributed by atoms with E-state index in [1.54, 1.807) is 0 Å². The monoisotopic (exact) mass is 266 g/mol. The molecule has 0 aliphatic carbocycles. The minimum atomic E-state index is 0.546. The van der Waals surface area contributed by atoms with Gasteiger partial charge in [0.2, 0.25) is 0 Å². The van der Waals surface area contributed by atoms with Crippen LogP contribution in [0.25, 0.3) is 0 Å². The molecule has 18 heavy (non-hydrogen) atoms. The zero-order chi connectivity index (χ0) is 12.7. The standard InChI is InChI=1S/C13H19ClN4/c1-9-10(2)16-13(12(14)15-9)18-7-6-17-5-3-4-11(17)8-18/h11H,3-8H2,1-2H3. The molecule has 0 aromatic carbocycles. The molecule has 2 aliphatic rings. The molecule has 2 saturated heterocycles. The smallest absolute Gasteiger partial charge is 0.171 e. The molecule has 5 heteroatoms. The van der Waals surface area contributed by atoms with Gasteiger partial charge in [0, 0.05) is 25.7 Å². The normalized spacial score (nSPS) is 24.4. The van der Waals surface area contributed by atoms with E-state index in [1.807, 2.05) is 13.8 Å². The van der Waals surface area contributed by atoms with Gasteiger partial charge in [0.1, 0.15) is 0 Å². The predicted octanol–water partition coefficient (Wildman–Crippen LogP) is 2.03. The Hall–Kier alpha value is -0.870. The third-order valence-electron chi connectivity index (χ3n) is 4.13. The molecule has 2 aliphatic heterocycles. The van der Waals surface area contributed by atoms with Gasteiger partial charge >= 0.3 is 0 Å². The summed E-state index contributed by atoms with van der Waals surface area (Å²) in [6.45, 7) is 8.37. The summed E-state index contributed by atoms with van der Waals surface area (Å²) in [6, 6.07) is 0.679. The fourth-order valence-corrected chi connectivity index (χ4v) is 3.24. The zero-order valence-electron chi connectivity index (χ0n) is 11.0. The van der Waals surface area contributed by atoms with Crippen molar-refractivity contribution in [1.82, 2.24) is 14.9 Å². The third-order valence-corrected chi connectivity index (χ3v) is 4.39. The largest absolute Gasteiger partial charge is 0.351 e. The second kappa shape index (κ2) is 4.67. The van der Waals surface area contributed by atoms with Crippen LogP contribution >= 0.6 is 11.6 Å². The maximum atomic E-state index is 6.25. The van der Waals surface area contributed by atoms with Crippen LogP contribution in [0.2, 0.25) is 5.15 Å². The average Bonchev–Trinajstić information content (AvgIpc) is 2.80. The summed E-state index contributed by atoms with van der Waals surface area (Å²) in [6.07, 6.45) is 2.62. The molecular formula is C13H19ClN4. The van der Waals surface area contributed by atoms with E-state index in [1.165, 1.54) is 19.4 Å².